The van der Waals surface area contributed by atoms with Crippen molar-refractivity contribution in [3.8, 4) is 0 Å². The summed E-state index contributed by atoms with van der Waals surface area (Å²) in [4.78, 5) is 2.43. The lowest BCUT2D eigenvalue weighted by Gasteiger charge is -2.26. The Bertz CT molecular complexity index is 384. The SMILES string of the molecule is CCC(CSC)N(C)Cc1ccoc1CNC(C)(C)C. The minimum Gasteiger partial charge on any atom is -0.468 e. The van der Waals surface area contributed by atoms with Gasteiger partial charge >= 0.3 is 0 Å². The van der Waals surface area contributed by atoms with Crippen LogP contribution in [-0.4, -0.2) is 35.5 Å². The summed E-state index contributed by atoms with van der Waals surface area (Å²) in [7, 11) is 2.21. The zero-order valence-electron chi connectivity index (χ0n) is 13.8. The molecule has 1 aromatic heterocycles. The van der Waals surface area contributed by atoms with E-state index in [0.29, 0.717) is 6.04 Å². The van der Waals surface area contributed by atoms with Crippen molar-refractivity contribution in [3.05, 3.63) is 23.7 Å². The molecule has 0 aliphatic carbocycles. The van der Waals surface area contributed by atoms with Gasteiger partial charge in [-0.25, -0.2) is 0 Å². The summed E-state index contributed by atoms with van der Waals surface area (Å²) in [6.45, 7) is 10.5. The quantitative estimate of drug-likeness (QED) is 0.791. The van der Waals surface area contributed by atoms with E-state index in [0.717, 1.165) is 18.8 Å². The van der Waals surface area contributed by atoms with E-state index in [-0.39, 0.29) is 5.54 Å². The van der Waals surface area contributed by atoms with E-state index >= 15 is 0 Å². The molecule has 0 amide bonds. The molecule has 116 valence electrons. The topological polar surface area (TPSA) is 28.4 Å². The maximum absolute atomic E-state index is 5.64. The first kappa shape index (κ1) is 17.6. The minimum absolute atomic E-state index is 0.112. The van der Waals surface area contributed by atoms with Gasteiger partial charge in [-0.1, -0.05) is 6.92 Å². The molecule has 0 radical (unpaired) electrons. The third-order valence-electron chi connectivity index (χ3n) is 3.49. The van der Waals surface area contributed by atoms with E-state index in [1.807, 2.05) is 11.8 Å². The largest absolute Gasteiger partial charge is 0.468 e. The number of rotatable bonds is 8. The fourth-order valence-corrected chi connectivity index (χ4v) is 3.03. The number of thioether (sulfide) groups is 1. The fraction of sp³-hybridized carbons (Fsp3) is 0.750. The predicted octanol–water partition coefficient (Wildman–Crippen LogP) is 3.74. The molecule has 0 saturated carbocycles. The molecule has 3 nitrogen and oxygen atoms in total. The van der Waals surface area contributed by atoms with Gasteiger partial charge in [0.15, 0.2) is 0 Å². The van der Waals surface area contributed by atoms with Gasteiger partial charge in [0.2, 0.25) is 0 Å². The van der Waals surface area contributed by atoms with Gasteiger partial charge in [0.25, 0.3) is 0 Å². The molecular weight excluding hydrogens is 268 g/mol. The highest BCUT2D eigenvalue weighted by molar-refractivity contribution is 7.98. The summed E-state index contributed by atoms with van der Waals surface area (Å²) in [5.41, 5.74) is 1.41. The van der Waals surface area contributed by atoms with Crippen molar-refractivity contribution >= 4 is 11.8 Å². The van der Waals surface area contributed by atoms with Crippen LogP contribution < -0.4 is 5.32 Å². The summed E-state index contributed by atoms with van der Waals surface area (Å²) in [6.07, 6.45) is 5.16. The second-order valence-electron chi connectivity index (χ2n) is 6.41. The molecule has 1 N–H and O–H groups in total. The Kier molecular flexibility index (Phi) is 7.13. The van der Waals surface area contributed by atoms with Crippen LogP contribution in [0, 0.1) is 0 Å². The number of nitrogens with one attached hydrogen (secondary N) is 1. The molecule has 0 spiro atoms. The Labute approximate surface area is 128 Å². The third kappa shape index (κ3) is 5.90. The molecule has 0 bridgehead atoms. The van der Waals surface area contributed by atoms with Gasteiger partial charge in [0.1, 0.15) is 5.76 Å². The fourth-order valence-electron chi connectivity index (χ4n) is 2.16. The molecule has 1 heterocycles. The zero-order valence-corrected chi connectivity index (χ0v) is 14.6. The summed E-state index contributed by atoms with van der Waals surface area (Å²) in [5.74, 6) is 2.24. The first-order valence-electron chi connectivity index (χ1n) is 7.36. The van der Waals surface area contributed by atoms with Crippen molar-refractivity contribution in [1.82, 2.24) is 10.2 Å². The van der Waals surface area contributed by atoms with Crippen molar-refractivity contribution in [2.45, 2.75) is 58.8 Å². The maximum atomic E-state index is 5.64. The summed E-state index contributed by atoms with van der Waals surface area (Å²) >= 11 is 1.92. The normalized spacial score (nSPS) is 13.9. The van der Waals surface area contributed by atoms with Crippen LogP contribution in [0.4, 0.5) is 0 Å². The van der Waals surface area contributed by atoms with Crippen LogP contribution in [0.25, 0.3) is 0 Å². The second-order valence-corrected chi connectivity index (χ2v) is 7.32. The van der Waals surface area contributed by atoms with Crippen LogP contribution in [-0.2, 0) is 13.1 Å². The second kappa shape index (κ2) is 8.11. The number of hydrogen-bond acceptors (Lipinski definition) is 4. The van der Waals surface area contributed by atoms with Crippen molar-refractivity contribution in [3.63, 3.8) is 0 Å². The first-order valence-corrected chi connectivity index (χ1v) is 8.76. The third-order valence-corrected chi connectivity index (χ3v) is 4.21. The Morgan fingerprint density at radius 1 is 1.40 bits per heavy atom. The number of nitrogens with zero attached hydrogens (tertiary/aromatic N) is 1. The van der Waals surface area contributed by atoms with Crippen LogP contribution in [0.15, 0.2) is 16.7 Å². The first-order chi connectivity index (χ1) is 9.37. The summed E-state index contributed by atoms with van der Waals surface area (Å²) in [5, 5.41) is 3.49. The van der Waals surface area contributed by atoms with Gasteiger partial charge in [0.05, 0.1) is 12.8 Å². The molecular formula is C16H30N2OS. The highest BCUT2D eigenvalue weighted by Crippen LogP contribution is 2.17. The highest BCUT2D eigenvalue weighted by atomic mass is 32.2. The average Bonchev–Trinajstić information content (AvgIpc) is 2.79. The van der Waals surface area contributed by atoms with Gasteiger partial charge in [-0.3, -0.25) is 4.90 Å². The molecule has 1 aromatic rings. The lowest BCUT2D eigenvalue weighted by molar-refractivity contribution is 0.245. The van der Waals surface area contributed by atoms with E-state index in [9.17, 15) is 0 Å². The van der Waals surface area contributed by atoms with Crippen LogP contribution in [0.5, 0.6) is 0 Å². The summed E-state index contributed by atoms with van der Waals surface area (Å²) < 4.78 is 5.64. The predicted molar refractivity (Wildman–Crippen MR) is 89.2 cm³/mol. The molecule has 0 aliphatic heterocycles. The highest BCUT2D eigenvalue weighted by Gasteiger charge is 2.17. The lowest BCUT2D eigenvalue weighted by Crippen LogP contribution is -2.36. The zero-order chi connectivity index (χ0) is 15.2. The van der Waals surface area contributed by atoms with E-state index < -0.39 is 0 Å². The molecule has 0 saturated heterocycles. The Morgan fingerprint density at radius 3 is 2.65 bits per heavy atom. The van der Waals surface area contributed by atoms with Gasteiger partial charge in [-0.2, -0.15) is 11.8 Å². The van der Waals surface area contributed by atoms with Crippen LogP contribution in [0.1, 0.15) is 45.4 Å². The van der Waals surface area contributed by atoms with Crippen molar-refractivity contribution < 1.29 is 4.42 Å². The lowest BCUT2D eigenvalue weighted by atomic mass is 10.1. The maximum Gasteiger partial charge on any atom is 0.122 e. The van der Waals surface area contributed by atoms with E-state index in [4.69, 9.17) is 4.42 Å². The number of hydrogen-bond donors (Lipinski definition) is 1. The van der Waals surface area contributed by atoms with E-state index in [2.05, 4.69) is 57.3 Å². The number of furan rings is 1. The van der Waals surface area contributed by atoms with Crippen LogP contribution >= 0.6 is 11.8 Å². The molecule has 20 heavy (non-hydrogen) atoms. The molecule has 0 aromatic carbocycles. The van der Waals surface area contributed by atoms with Gasteiger partial charge in [0, 0.05) is 29.4 Å². The Hall–Kier alpha value is -0.450. The molecule has 4 heteroatoms. The standard InChI is InChI=1S/C16H30N2OS/c1-7-14(12-20-6)18(5)11-13-8-9-19-15(13)10-17-16(2,3)4/h8-9,14,17H,7,10-12H2,1-6H3. The average molecular weight is 298 g/mol. The monoisotopic (exact) mass is 298 g/mol. The van der Waals surface area contributed by atoms with Gasteiger partial charge < -0.3 is 9.73 Å². The van der Waals surface area contributed by atoms with Crippen molar-refractivity contribution in [2.24, 2.45) is 0 Å². The summed E-state index contributed by atoms with van der Waals surface area (Å²) in [6, 6.07) is 2.73. The van der Waals surface area contributed by atoms with Crippen molar-refractivity contribution in [1.29, 1.82) is 0 Å². The smallest absolute Gasteiger partial charge is 0.122 e. The Morgan fingerprint density at radius 2 is 2.10 bits per heavy atom. The molecule has 0 aliphatic rings. The Balaban J connectivity index is 2.61. The van der Waals surface area contributed by atoms with E-state index in [1.165, 1.54) is 17.7 Å². The van der Waals surface area contributed by atoms with E-state index in [1.54, 1.807) is 6.26 Å². The molecule has 1 unspecified atom stereocenters. The molecule has 1 rings (SSSR count). The van der Waals surface area contributed by atoms with Gasteiger partial charge in [-0.15, -0.1) is 0 Å². The van der Waals surface area contributed by atoms with Crippen LogP contribution in [0.2, 0.25) is 0 Å². The van der Waals surface area contributed by atoms with Gasteiger partial charge in [-0.05, 0) is 46.6 Å². The van der Waals surface area contributed by atoms with Crippen LogP contribution in [0.3, 0.4) is 0 Å². The minimum atomic E-state index is 0.112. The molecule has 0 fully saturated rings. The molecule has 1 atom stereocenters. The van der Waals surface area contributed by atoms with Crippen molar-refractivity contribution in [2.75, 3.05) is 19.1 Å².